The summed E-state index contributed by atoms with van der Waals surface area (Å²) in [4.78, 5) is 24.6. The van der Waals surface area contributed by atoms with Crippen LogP contribution in [0.15, 0.2) is 18.3 Å². The van der Waals surface area contributed by atoms with E-state index in [1.165, 1.54) is 4.90 Å². The third-order valence-corrected chi connectivity index (χ3v) is 3.40. The van der Waals surface area contributed by atoms with E-state index in [-0.39, 0.29) is 19.5 Å². The van der Waals surface area contributed by atoms with Gasteiger partial charge in [-0.05, 0) is 32.9 Å². The SMILES string of the molecule is CC(C)(C)OC(=O)N1CC(CC(=O)O)(NCc2cccnn2)C1. The van der Waals surface area contributed by atoms with Gasteiger partial charge < -0.3 is 20.1 Å². The first-order valence-electron chi connectivity index (χ1n) is 7.40. The minimum Gasteiger partial charge on any atom is -0.481 e. The third-order valence-electron chi connectivity index (χ3n) is 3.40. The molecule has 1 aromatic heterocycles. The lowest BCUT2D eigenvalue weighted by atomic mass is 9.86. The zero-order valence-corrected chi connectivity index (χ0v) is 13.6. The summed E-state index contributed by atoms with van der Waals surface area (Å²) in [6, 6.07) is 3.57. The van der Waals surface area contributed by atoms with E-state index in [9.17, 15) is 9.59 Å². The first-order valence-corrected chi connectivity index (χ1v) is 7.40. The van der Waals surface area contributed by atoms with Crippen molar-refractivity contribution in [2.75, 3.05) is 13.1 Å². The van der Waals surface area contributed by atoms with Gasteiger partial charge >= 0.3 is 12.1 Å². The third kappa shape index (κ3) is 4.88. The number of hydrogen-bond donors (Lipinski definition) is 2. The predicted molar refractivity (Wildman–Crippen MR) is 81.7 cm³/mol. The number of nitrogens with one attached hydrogen (secondary N) is 1. The fourth-order valence-electron chi connectivity index (χ4n) is 2.42. The zero-order chi connectivity index (χ0) is 17.1. The molecule has 8 nitrogen and oxygen atoms in total. The topological polar surface area (TPSA) is 105 Å². The zero-order valence-electron chi connectivity index (χ0n) is 13.6. The van der Waals surface area contributed by atoms with Crippen molar-refractivity contribution in [1.82, 2.24) is 20.4 Å². The van der Waals surface area contributed by atoms with Gasteiger partial charge in [0.25, 0.3) is 0 Å². The molecule has 1 aromatic rings. The maximum atomic E-state index is 12.0. The van der Waals surface area contributed by atoms with E-state index in [2.05, 4.69) is 15.5 Å². The van der Waals surface area contributed by atoms with Crippen LogP contribution in [0.4, 0.5) is 4.79 Å². The largest absolute Gasteiger partial charge is 0.481 e. The highest BCUT2D eigenvalue weighted by Crippen LogP contribution is 2.27. The highest BCUT2D eigenvalue weighted by atomic mass is 16.6. The summed E-state index contributed by atoms with van der Waals surface area (Å²) in [6.07, 6.45) is 1.07. The number of rotatable bonds is 5. The molecule has 0 radical (unpaired) electrons. The van der Waals surface area contributed by atoms with Crippen LogP contribution in [-0.2, 0) is 16.1 Å². The van der Waals surface area contributed by atoms with Crippen LogP contribution in [0.2, 0.25) is 0 Å². The second-order valence-electron chi connectivity index (χ2n) is 6.76. The molecule has 1 fully saturated rings. The molecule has 23 heavy (non-hydrogen) atoms. The summed E-state index contributed by atoms with van der Waals surface area (Å²) >= 11 is 0. The molecular formula is C15H22N4O4. The van der Waals surface area contributed by atoms with Gasteiger partial charge in [0.1, 0.15) is 5.60 Å². The Morgan fingerprint density at radius 2 is 2.13 bits per heavy atom. The Bertz CT molecular complexity index is 565. The first kappa shape index (κ1) is 17.1. The fraction of sp³-hybridized carbons (Fsp3) is 0.600. The normalized spacial score (nSPS) is 16.6. The number of nitrogens with zero attached hydrogens (tertiary/aromatic N) is 3. The van der Waals surface area contributed by atoms with E-state index < -0.39 is 23.2 Å². The molecule has 1 aliphatic rings. The maximum Gasteiger partial charge on any atom is 0.410 e. The van der Waals surface area contributed by atoms with Crippen molar-refractivity contribution in [3.63, 3.8) is 0 Å². The molecule has 0 atom stereocenters. The lowest BCUT2D eigenvalue weighted by Gasteiger charge is -2.49. The highest BCUT2D eigenvalue weighted by Gasteiger charge is 2.47. The van der Waals surface area contributed by atoms with Crippen molar-refractivity contribution in [3.8, 4) is 0 Å². The Kier molecular flexibility index (Phi) is 4.84. The van der Waals surface area contributed by atoms with Crippen molar-refractivity contribution in [1.29, 1.82) is 0 Å². The number of carboxylic acid groups (broad SMARTS) is 1. The molecule has 0 spiro atoms. The molecule has 0 bridgehead atoms. The van der Waals surface area contributed by atoms with E-state index in [0.29, 0.717) is 12.2 Å². The molecule has 1 amide bonds. The standard InChI is InChI=1S/C15H22N4O4/c1-14(2,3)23-13(22)19-9-15(10-19,7-12(20)21)16-8-11-5-4-6-17-18-11/h4-6,16H,7-10H2,1-3H3,(H,20,21). The summed E-state index contributed by atoms with van der Waals surface area (Å²) in [7, 11) is 0. The Balaban J connectivity index is 1.94. The van der Waals surface area contributed by atoms with Crippen LogP contribution < -0.4 is 5.32 Å². The van der Waals surface area contributed by atoms with Gasteiger partial charge in [-0.3, -0.25) is 4.79 Å². The molecule has 0 unspecified atom stereocenters. The Morgan fingerprint density at radius 3 is 2.65 bits per heavy atom. The van der Waals surface area contributed by atoms with Gasteiger partial charge in [0.2, 0.25) is 0 Å². The molecule has 0 aromatic carbocycles. The van der Waals surface area contributed by atoms with Gasteiger partial charge in [-0.25, -0.2) is 4.79 Å². The number of likely N-dealkylation sites (tertiary alicyclic amines) is 1. The number of aliphatic carboxylic acids is 1. The molecule has 2 N–H and O–H groups in total. The van der Waals surface area contributed by atoms with Gasteiger partial charge in [-0.2, -0.15) is 10.2 Å². The number of carbonyl (C=O) groups excluding carboxylic acids is 1. The Morgan fingerprint density at radius 1 is 1.43 bits per heavy atom. The van der Waals surface area contributed by atoms with Gasteiger partial charge in [0, 0.05) is 25.8 Å². The number of amides is 1. The van der Waals surface area contributed by atoms with Crippen LogP contribution in [0.3, 0.4) is 0 Å². The van der Waals surface area contributed by atoms with Crippen LogP contribution in [0.25, 0.3) is 0 Å². The maximum absolute atomic E-state index is 12.0. The van der Waals surface area contributed by atoms with Crippen molar-refractivity contribution < 1.29 is 19.4 Å². The van der Waals surface area contributed by atoms with Gasteiger partial charge in [-0.15, -0.1) is 0 Å². The average Bonchev–Trinajstić information content (AvgIpc) is 2.39. The van der Waals surface area contributed by atoms with Gasteiger partial charge in [0.15, 0.2) is 0 Å². The highest BCUT2D eigenvalue weighted by molar-refractivity contribution is 5.73. The van der Waals surface area contributed by atoms with Crippen LogP contribution in [-0.4, -0.2) is 56.5 Å². The number of carboxylic acids is 1. The number of aromatic nitrogens is 2. The number of ether oxygens (including phenoxy) is 1. The summed E-state index contributed by atoms with van der Waals surface area (Å²) in [5, 5.41) is 20.1. The second-order valence-corrected chi connectivity index (χ2v) is 6.76. The van der Waals surface area contributed by atoms with E-state index in [1.54, 1.807) is 39.1 Å². The first-order chi connectivity index (χ1) is 10.7. The van der Waals surface area contributed by atoms with Gasteiger partial charge in [0.05, 0.1) is 17.7 Å². The van der Waals surface area contributed by atoms with Gasteiger partial charge in [-0.1, -0.05) is 0 Å². The lowest BCUT2D eigenvalue weighted by Crippen LogP contribution is -2.71. The smallest absolute Gasteiger partial charge is 0.410 e. The minimum atomic E-state index is -0.916. The molecule has 126 valence electrons. The molecule has 1 saturated heterocycles. The van der Waals surface area contributed by atoms with E-state index >= 15 is 0 Å². The summed E-state index contributed by atoms with van der Waals surface area (Å²) in [6.45, 7) is 6.34. The lowest BCUT2D eigenvalue weighted by molar-refractivity contribution is -0.141. The number of carbonyl (C=O) groups is 2. The van der Waals surface area contributed by atoms with Crippen LogP contribution >= 0.6 is 0 Å². The molecule has 0 aliphatic carbocycles. The van der Waals surface area contributed by atoms with Crippen molar-refractivity contribution in [3.05, 3.63) is 24.0 Å². The van der Waals surface area contributed by atoms with Crippen LogP contribution in [0.5, 0.6) is 0 Å². The van der Waals surface area contributed by atoms with Crippen LogP contribution in [0, 0.1) is 0 Å². The van der Waals surface area contributed by atoms with E-state index in [1.807, 2.05) is 0 Å². The number of hydrogen-bond acceptors (Lipinski definition) is 6. The monoisotopic (exact) mass is 322 g/mol. The molecule has 0 saturated carbocycles. The molecule has 1 aliphatic heterocycles. The summed E-state index contributed by atoms with van der Waals surface area (Å²) in [5.74, 6) is -0.916. The molecule has 8 heteroatoms. The van der Waals surface area contributed by atoms with Crippen LogP contribution in [0.1, 0.15) is 32.9 Å². The molecule has 2 heterocycles. The fourth-order valence-corrected chi connectivity index (χ4v) is 2.42. The van der Waals surface area contributed by atoms with E-state index in [0.717, 1.165) is 0 Å². The van der Waals surface area contributed by atoms with Crippen molar-refractivity contribution in [2.45, 2.75) is 44.9 Å². The second kappa shape index (κ2) is 6.49. The Hall–Kier alpha value is -2.22. The predicted octanol–water partition coefficient (Wildman–Crippen LogP) is 1.03. The Labute approximate surface area is 134 Å². The van der Waals surface area contributed by atoms with Crippen molar-refractivity contribution >= 4 is 12.1 Å². The molecular weight excluding hydrogens is 300 g/mol. The minimum absolute atomic E-state index is 0.0768. The average molecular weight is 322 g/mol. The van der Waals surface area contributed by atoms with Crippen molar-refractivity contribution in [2.24, 2.45) is 0 Å². The quantitative estimate of drug-likeness (QED) is 0.834. The summed E-state index contributed by atoms with van der Waals surface area (Å²) < 4.78 is 5.29. The van der Waals surface area contributed by atoms with E-state index in [4.69, 9.17) is 9.84 Å². The summed E-state index contributed by atoms with van der Waals surface area (Å²) in [5.41, 5.74) is -0.525. The molecule has 2 rings (SSSR count).